The molecule has 1 aliphatic heterocycles. The van der Waals surface area contributed by atoms with Crippen LogP contribution in [-0.2, 0) is 19.2 Å². The summed E-state index contributed by atoms with van der Waals surface area (Å²) in [6, 6.07) is 0. The van der Waals surface area contributed by atoms with Crippen LogP contribution >= 0.6 is 0 Å². The molecule has 0 atom stereocenters. The summed E-state index contributed by atoms with van der Waals surface area (Å²) in [5.74, 6) is -0.689. The second-order valence-corrected chi connectivity index (χ2v) is 4.51. The van der Waals surface area contributed by atoms with Crippen molar-refractivity contribution in [3.05, 3.63) is 12.3 Å². The van der Waals surface area contributed by atoms with Crippen LogP contribution in [-0.4, -0.2) is 29.4 Å². The second-order valence-electron chi connectivity index (χ2n) is 4.51. The molecule has 1 N–H and O–H groups in total. The van der Waals surface area contributed by atoms with E-state index in [0.717, 1.165) is 17.9 Å². The van der Waals surface area contributed by atoms with Gasteiger partial charge in [-0.25, -0.2) is 4.79 Å². The molecule has 0 spiro atoms. The molecule has 1 rings (SSSR count). The molecule has 0 aromatic heterocycles. The van der Waals surface area contributed by atoms with Crippen LogP contribution in [0.1, 0.15) is 45.4 Å². The number of amides is 2. The van der Waals surface area contributed by atoms with Crippen molar-refractivity contribution in [1.29, 1.82) is 0 Å². The van der Waals surface area contributed by atoms with Crippen molar-refractivity contribution >= 4 is 17.8 Å². The van der Waals surface area contributed by atoms with Crippen LogP contribution in [0.5, 0.6) is 0 Å². The third-order valence-corrected chi connectivity index (χ3v) is 2.77. The van der Waals surface area contributed by atoms with Crippen molar-refractivity contribution in [3.8, 4) is 0 Å². The minimum atomic E-state index is -0.420. The van der Waals surface area contributed by atoms with Gasteiger partial charge in [0, 0.05) is 26.3 Å². The molecule has 1 fully saturated rings. The Morgan fingerprint density at radius 1 is 1.32 bits per heavy atom. The molecule has 0 saturated carbocycles. The number of nitrogens with one attached hydrogen (secondary N) is 1. The summed E-state index contributed by atoms with van der Waals surface area (Å²) in [5.41, 5.74) is 0.531. The van der Waals surface area contributed by atoms with Crippen molar-refractivity contribution in [3.63, 3.8) is 0 Å². The highest BCUT2D eigenvalue weighted by atomic mass is 16.7. The number of carbonyl (C=O) groups excluding carboxylic acids is 3. The molecule has 6 nitrogen and oxygen atoms in total. The highest BCUT2D eigenvalue weighted by Crippen LogP contribution is 2.21. The molecule has 0 aromatic rings. The molecule has 0 aromatic carbocycles. The number of hydroxylamine groups is 2. The summed E-state index contributed by atoms with van der Waals surface area (Å²) in [5, 5.41) is 3.68. The quantitative estimate of drug-likeness (QED) is 0.706. The Labute approximate surface area is 112 Å². The van der Waals surface area contributed by atoms with E-state index < -0.39 is 5.97 Å². The maximum atomic E-state index is 11.5. The zero-order valence-electron chi connectivity index (χ0n) is 11.2. The predicted molar refractivity (Wildman–Crippen MR) is 68.5 cm³/mol. The van der Waals surface area contributed by atoms with Gasteiger partial charge in [-0.05, 0) is 19.3 Å². The first-order valence-corrected chi connectivity index (χ1v) is 6.46. The average molecular weight is 268 g/mol. The van der Waals surface area contributed by atoms with Crippen LogP contribution in [0.4, 0.5) is 0 Å². The Hall–Kier alpha value is -1.85. The van der Waals surface area contributed by atoms with Crippen molar-refractivity contribution in [1.82, 2.24) is 10.4 Å². The lowest BCUT2D eigenvalue weighted by atomic mass is 10.2. The molecular formula is C13H20N2O4. The Morgan fingerprint density at radius 3 is 2.63 bits per heavy atom. The fourth-order valence-electron chi connectivity index (χ4n) is 1.73. The zero-order chi connectivity index (χ0) is 14.3. The number of hydrogen-bond acceptors (Lipinski definition) is 4. The topological polar surface area (TPSA) is 75.7 Å². The van der Waals surface area contributed by atoms with E-state index in [1.165, 1.54) is 6.92 Å². The second kappa shape index (κ2) is 7.56. The number of rotatable bonds is 7. The lowest BCUT2D eigenvalue weighted by molar-refractivity contribution is -0.186. The van der Waals surface area contributed by atoms with Gasteiger partial charge in [-0.3, -0.25) is 9.59 Å². The summed E-state index contributed by atoms with van der Waals surface area (Å²) in [6.07, 6.45) is 3.47. The summed E-state index contributed by atoms with van der Waals surface area (Å²) < 4.78 is 0. The first-order chi connectivity index (χ1) is 9.00. The van der Waals surface area contributed by atoms with Gasteiger partial charge in [-0.1, -0.05) is 13.0 Å². The Kier molecular flexibility index (Phi) is 6.05. The Morgan fingerprint density at radius 2 is 2.05 bits per heavy atom. The van der Waals surface area contributed by atoms with Crippen LogP contribution < -0.4 is 5.32 Å². The maximum Gasteiger partial charge on any atom is 0.333 e. The fourth-order valence-corrected chi connectivity index (χ4v) is 1.73. The highest BCUT2D eigenvalue weighted by molar-refractivity contribution is 5.82. The molecular weight excluding hydrogens is 248 g/mol. The van der Waals surface area contributed by atoms with Gasteiger partial charge in [0.2, 0.25) is 5.91 Å². The molecule has 0 unspecified atom stereocenters. The van der Waals surface area contributed by atoms with Crippen molar-refractivity contribution in [2.75, 3.05) is 6.54 Å². The smallest absolute Gasteiger partial charge is 0.333 e. The number of allylic oxidation sites excluding steroid dienone is 1. The normalized spacial score (nSPS) is 14.7. The Bertz CT molecular complexity index is 363. The average Bonchev–Trinajstić information content (AvgIpc) is 2.65. The standard InChI is InChI=1S/C13H20N2O4/c1-10-7-8-12(17)15(10)19-13(18)6-4-3-5-9-14-11(2)16/h1,3-9H2,2H3,(H,14,16). The minimum absolute atomic E-state index is 0.0505. The first kappa shape index (κ1) is 15.2. The minimum Gasteiger partial charge on any atom is -0.356 e. The van der Waals surface area contributed by atoms with E-state index >= 15 is 0 Å². The van der Waals surface area contributed by atoms with Gasteiger partial charge in [0.1, 0.15) is 0 Å². The largest absolute Gasteiger partial charge is 0.356 e. The number of carbonyl (C=O) groups is 3. The van der Waals surface area contributed by atoms with Gasteiger partial charge in [-0.2, -0.15) is 0 Å². The summed E-state index contributed by atoms with van der Waals surface area (Å²) in [6.45, 7) is 5.75. The monoisotopic (exact) mass is 268 g/mol. The highest BCUT2D eigenvalue weighted by Gasteiger charge is 2.27. The van der Waals surface area contributed by atoms with Crippen molar-refractivity contribution in [2.45, 2.75) is 45.4 Å². The summed E-state index contributed by atoms with van der Waals surface area (Å²) in [7, 11) is 0. The first-order valence-electron chi connectivity index (χ1n) is 6.46. The molecule has 0 radical (unpaired) electrons. The van der Waals surface area contributed by atoms with Gasteiger partial charge in [0.15, 0.2) is 0 Å². The van der Waals surface area contributed by atoms with E-state index in [1.807, 2.05) is 0 Å². The van der Waals surface area contributed by atoms with E-state index in [2.05, 4.69) is 11.9 Å². The third-order valence-electron chi connectivity index (χ3n) is 2.77. The number of unbranched alkanes of at least 4 members (excludes halogenated alkanes) is 2. The maximum absolute atomic E-state index is 11.5. The van der Waals surface area contributed by atoms with Gasteiger partial charge in [0.25, 0.3) is 5.91 Å². The van der Waals surface area contributed by atoms with Crippen LogP contribution in [0.3, 0.4) is 0 Å². The van der Waals surface area contributed by atoms with Crippen molar-refractivity contribution in [2.24, 2.45) is 0 Å². The van der Waals surface area contributed by atoms with Gasteiger partial charge >= 0.3 is 5.97 Å². The van der Waals surface area contributed by atoms with E-state index in [4.69, 9.17) is 4.84 Å². The summed E-state index contributed by atoms with van der Waals surface area (Å²) in [4.78, 5) is 38.4. The molecule has 0 bridgehead atoms. The molecule has 1 aliphatic rings. The van der Waals surface area contributed by atoms with Gasteiger partial charge < -0.3 is 10.2 Å². The van der Waals surface area contributed by atoms with Crippen LogP contribution in [0.25, 0.3) is 0 Å². The van der Waals surface area contributed by atoms with Crippen LogP contribution in [0.2, 0.25) is 0 Å². The van der Waals surface area contributed by atoms with Crippen molar-refractivity contribution < 1.29 is 19.2 Å². The zero-order valence-corrected chi connectivity index (χ0v) is 11.2. The molecule has 0 aliphatic carbocycles. The SMILES string of the molecule is C=C1CCC(=O)N1OC(=O)CCCCCNC(C)=O. The third kappa shape index (κ3) is 5.54. The van der Waals surface area contributed by atoms with Crippen LogP contribution in [0, 0.1) is 0 Å². The van der Waals surface area contributed by atoms with E-state index in [0.29, 0.717) is 31.5 Å². The number of nitrogens with zero attached hydrogens (tertiary/aromatic N) is 1. The predicted octanol–water partition coefficient (Wildman–Crippen LogP) is 1.28. The molecule has 1 heterocycles. The van der Waals surface area contributed by atoms with Gasteiger partial charge in [0.05, 0.1) is 5.70 Å². The van der Waals surface area contributed by atoms with E-state index in [1.54, 1.807) is 0 Å². The van der Waals surface area contributed by atoms with E-state index in [-0.39, 0.29) is 18.2 Å². The Balaban J connectivity index is 2.10. The summed E-state index contributed by atoms with van der Waals surface area (Å²) >= 11 is 0. The molecule has 1 saturated heterocycles. The molecule has 106 valence electrons. The fraction of sp³-hybridized carbons (Fsp3) is 0.615. The molecule has 19 heavy (non-hydrogen) atoms. The lowest BCUT2D eigenvalue weighted by Crippen LogP contribution is -2.26. The van der Waals surface area contributed by atoms with Gasteiger partial charge in [-0.15, -0.1) is 5.06 Å². The molecule has 2 amide bonds. The molecule has 6 heteroatoms. The van der Waals surface area contributed by atoms with Crippen LogP contribution in [0.15, 0.2) is 12.3 Å². The van der Waals surface area contributed by atoms with E-state index in [9.17, 15) is 14.4 Å². The lowest BCUT2D eigenvalue weighted by Gasteiger charge is -2.15. The number of hydrogen-bond donors (Lipinski definition) is 1.